The molecule has 0 bridgehead atoms. The Bertz CT molecular complexity index is 1230. The Morgan fingerprint density at radius 2 is 1.51 bits per heavy atom. The first kappa shape index (κ1) is 35.7. The highest BCUT2D eigenvalue weighted by atomic mass is 19.4. The zero-order valence-electron chi connectivity index (χ0n) is 24.9. The number of hydrogen-bond donors (Lipinski definition) is 3. The van der Waals surface area contributed by atoms with E-state index < -0.39 is 54.1 Å². The van der Waals surface area contributed by atoms with Crippen molar-refractivity contribution in [1.29, 1.82) is 0 Å². The van der Waals surface area contributed by atoms with E-state index in [1.54, 1.807) is 24.0 Å². The van der Waals surface area contributed by atoms with Crippen molar-refractivity contribution in [1.82, 2.24) is 15.5 Å². The molecule has 3 N–H and O–H groups in total. The summed E-state index contributed by atoms with van der Waals surface area (Å²) in [5.41, 5.74) is 1.23. The molecule has 238 valence electrons. The number of rotatable bonds is 15. The lowest BCUT2D eigenvalue weighted by molar-refractivity contribution is -0.174. The number of alkyl halides is 3. The third-order valence-corrected chi connectivity index (χ3v) is 6.83. The van der Waals surface area contributed by atoms with E-state index in [4.69, 9.17) is 0 Å². The molecule has 0 fully saturated rings. The number of hydrogen-bond acceptors (Lipinski definition) is 4. The third kappa shape index (κ3) is 11.6. The van der Waals surface area contributed by atoms with Crippen molar-refractivity contribution >= 4 is 17.7 Å². The highest BCUT2D eigenvalue weighted by molar-refractivity contribution is 6.00. The zero-order chi connectivity index (χ0) is 32.3. The van der Waals surface area contributed by atoms with Crippen LogP contribution >= 0.6 is 0 Å². The summed E-state index contributed by atoms with van der Waals surface area (Å²) in [4.78, 5) is 40.2. The lowest BCUT2D eigenvalue weighted by Gasteiger charge is -2.25. The predicted molar refractivity (Wildman–Crippen MR) is 152 cm³/mol. The van der Waals surface area contributed by atoms with Gasteiger partial charge in [0.1, 0.15) is 11.6 Å². The van der Waals surface area contributed by atoms with Crippen LogP contribution in [0.5, 0.6) is 0 Å². The number of carbonyl (C=O) groups is 3. The second kappa shape index (κ2) is 16.3. The van der Waals surface area contributed by atoms with Gasteiger partial charge in [-0.3, -0.25) is 14.4 Å². The monoisotopic (exact) mass is 613 g/mol. The Labute approximate surface area is 248 Å². The number of halogens is 5. The van der Waals surface area contributed by atoms with Gasteiger partial charge in [0.2, 0.25) is 5.91 Å². The van der Waals surface area contributed by atoms with Gasteiger partial charge in [-0.05, 0) is 74.1 Å². The molecule has 2 aromatic carbocycles. The van der Waals surface area contributed by atoms with E-state index in [1.165, 1.54) is 6.07 Å². The number of aliphatic hydroxyl groups excluding tert-OH is 1. The molecule has 0 spiro atoms. The van der Waals surface area contributed by atoms with E-state index in [2.05, 4.69) is 10.6 Å². The molecule has 7 nitrogen and oxygen atoms in total. The number of nitrogens with zero attached hydrogens (tertiary/aromatic N) is 1. The molecule has 2 aromatic rings. The van der Waals surface area contributed by atoms with Crippen LogP contribution in [-0.2, 0) is 11.2 Å². The molecule has 2 rings (SSSR count). The lowest BCUT2D eigenvalue weighted by atomic mass is 9.97. The van der Waals surface area contributed by atoms with Crippen LogP contribution in [-0.4, -0.2) is 65.7 Å². The fourth-order valence-corrected chi connectivity index (χ4v) is 4.62. The molecule has 0 aliphatic carbocycles. The quantitative estimate of drug-likeness (QED) is 0.237. The predicted octanol–water partition coefficient (Wildman–Crippen LogP) is 5.33. The van der Waals surface area contributed by atoms with Crippen LogP contribution in [0.1, 0.15) is 78.3 Å². The van der Waals surface area contributed by atoms with Crippen molar-refractivity contribution in [3.8, 4) is 0 Å². The molecule has 0 saturated heterocycles. The summed E-state index contributed by atoms with van der Waals surface area (Å²) in [5.74, 6) is -5.31. The summed E-state index contributed by atoms with van der Waals surface area (Å²) in [6, 6.07) is 6.35. The van der Waals surface area contributed by atoms with Gasteiger partial charge in [-0.1, -0.05) is 20.8 Å². The molecule has 0 aromatic heterocycles. The summed E-state index contributed by atoms with van der Waals surface area (Å²) < 4.78 is 66.0. The van der Waals surface area contributed by atoms with Gasteiger partial charge in [-0.15, -0.1) is 0 Å². The van der Waals surface area contributed by atoms with Crippen LogP contribution in [0.4, 0.5) is 22.0 Å². The summed E-state index contributed by atoms with van der Waals surface area (Å²) in [6.07, 6.45) is -5.53. The van der Waals surface area contributed by atoms with Crippen molar-refractivity contribution in [2.75, 3.05) is 19.6 Å². The normalized spacial score (nSPS) is 13.6. The van der Waals surface area contributed by atoms with Crippen LogP contribution < -0.4 is 10.6 Å². The second-order valence-corrected chi connectivity index (χ2v) is 10.8. The van der Waals surface area contributed by atoms with Crippen LogP contribution in [0.25, 0.3) is 0 Å². The Morgan fingerprint density at radius 1 is 0.930 bits per heavy atom. The van der Waals surface area contributed by atoms with Crippen molar-refractivity contribution in [3.63, 3.8) is 0 Å². The molecule has 0 heterocycles. The van der Waals surface area contributed by atoms with Crippen LogP contribution in [0.2, 0.25) is 0 Å². The van der Waals surface area contributed by atoms with Gasteiger partial charge in [-0.2, -0.15) is 13.2 Å². The van der Waals surface area contributed by atoms with Gasteiger partial charge in [0.15, 0.2) is 0 Å². The average Bonchev–Trinajstić information content (AvgIpc) is 2.90. The van der Waals surface area contributed by atoms with E-state index in [0.717, 1.165) is 31.9 Å². The van der Waals surface area contributed by atoms with E-state index in [1.807, 2.05) is 13.8 Å². The molecule has 3 atom stereocenters. The number of carbonyl (C=O) groups excluding carboxylic acids is 3. The molecule has 1 unspecified atom stereocenters. The van der Waals surface area contributed by atoms with E-state index in [0.29, 0.717) is 30.3 Å². The third-order valence-electron chi connectivity index (χ3n) is 6.83. The zero-order valence-corrected chi connectivity index (χ0v) is 24.9. The second-order valence-electron chi connectivity index (χ2n) is 10.8. The maximum absolute atomic E-state index is 13.9. The van der Waals surface area contributed by atoms with Gasteiger partial charge in [0.05, 0.1) is 18.1 Å². The molecule has 0 aliphatic heterocycles. The molecule has 0 saturated carbocycles. The highest BCUT2D eigenvalue weighted by Gasteiger charge is 2.37. The van der Waals surface area contributed by atoms with E-state index in [9.17, 15) is 41.4 Å². The minimum atomic E-state index is -4.53. The summed E-state index contributed by atoms with van der Waals surface area (Å²) >= 11 is 0. The van der Waals surface area contributed by atoms with E-state index >= 15 is 0 Å². The van der Waals surface area contributed by atoms with Crippen LogP contribution in [0.15, 0.2) is 36.4 Å². The molecular weight excluding hydrogens is 573 g/mol. The van der Waals surface area contributed by atoms with Crippen molar-refractivity contribution in [2.24, 2.45) is 5.92 Å². The van der Waals surface area contributed by atoms with Gasteiger partial charge in [0.25, 0.3) is 11.8 Å². The SMILES string of the molecule is CCCN(CCC)C(=O)c1cc(C)cc(C(=O)N[C@@H](Cc2cc(F)cc(F)c2)[C@@H](O)CCNC(=O)CC(C)C(F)(F)F)c1. The Balaban J connectivity index is 2.24. The van der Waals surface area contributed by atoms with Crippen LogP contribution in [0.3, 0.4) is 0 Å². The molecule has 43 heavy (non-hydrogen) atoms. The maximum Gasteiger partial charge on any atom is 0.392 e. The Morgan fingerprint density at radius 3 is 2.07 bits per heavy atom. The lowest BCUT2D eigenvalue weighted by Crippen LogP contribution is -2.46. The molecule has 0 aliphatic rings. The van der Waals surface area contributed by atoms with Crippen molar-refractivity contribution in [2.45, 2.75) is 78.1 Å². The Hall–Kier alpha value is -3.54. The number of amides is 3. The van der Waals surface area contributed by atoms with Gasteiger partial charge in [-0.25, -0.2) is 8.78 Å². The summed E-state index contributed by atoms with van der Waals surface area (Å²) in [6.45, 7) is 7.40. The maximum atomic E-state index is 13.9. The largest absolute Gasteiger partial charge is 0.392 e. The number of nitrogens with one attached hydrogen (secondary N) is 2. The van der Waals surface area contributed by atoms with Gasteiger partial charge in [0, 0.05) is 43.2 Å². The number of aliphatic hydroxyl groups is 1. The van der Waals surface area contributed by atoms with Crippen LogP contribution in [0, 0.1) is 24.5 Å². The summed E-state index contributed by atoms with van der Waals surface area (Å²) in [7, 11) is 0. The topological polar surface area (TPSA) is 98.7 Å². The first-order valence-corrected chi connectivity index (χ1v) is 14.3. The molecule has 3 amide bonds. The fraction of sp³-hybridized carbons (Fsp3) is 0.516. The first-order valence-electron chi connectivity index (χ1n) is 14.3. The smallest absolute Gasteiger partial charge is 0.391 e. The van der Waals surface area contributed by atoms with Crippen molar-refractivity contribution in [3.05, 3.63) is 70.3 Å². The Kier molecular flexibility index (Phi) is 13.6. The van der Waals surface area contributed by atoms with Crippen molar-refractivity contribution < 1.29 is 41.4 Å². The molecule has 12 heteroatoms. The average molecular weight is 614 g/mol. The van der Waals surface area contributed by atoms with E-state index in [-0.39, 0.29) is 36.4 Å². The minimum Gasteiger partial charge on any atom is -0.391 e. The number of aryl methyl sites for hydroxylation is 1. The molecular formula is C31H40F5N3O4. The van der Waals surface area contributed by atoms with Gasteiger partial charge < -0.3 is 20.6 Å². The van der Waals surface area contributed by atoms with Gasteiger partial charge >= 0.3 is 6.18 Å². The number of benzene rings is 2. The highest BCUT2D eigenvalue weighted by Crippen LogP contribution is 2.28. The fourth-order valence-electron chi connectivity index (χ4n) is 4.62. The minimum absolute atomic E-state index is 0.133. The first-order chi connectivity index (χ1) is 20.1. The standard InChI is InChI=1S/C31H40F5N3O4/c1-5-9-39(10-6-2)30(43)23-12-19(3)11-22(17-23)29(42)38-26(16-21-14-24(32)18-25(33)15-21)27(40)7-8-37-28(41)13-20(4)31(34,35)36/h11-12,14-15,17-18,20,26-27,40H,5-10,13,16H2,1-4H3,(H,37,41)(H,38,42)/t20?,26-,27-/m0/s1. The summed E-state index contributed by atoms with van der Waals surface area (Å²) in [5, 5.41) is 15.9. The molecule has 0 radical (unpaired) electrons.